The van der Waals surface area contributed by atoms with Gasteiger partial charge in [-0.2, -0.15) is 0 Å². The fraction of sp³-hybridized carbons (Fsp3) is 0.625. The summed E-state index contributed by atoms with van der Waals surface area (Å²) in [5.74, 6) is 1.73. The Kier molecular flexibility index (Phi) is 8.07. The Labute approximate surface area is 117 Å². The lowest BCUT2D eigenvalue weighted by molar-refractivity contribution is 0.302. The molecule has 0 spiro atoms. The summed E-state index contributed by atoms with van der Waals surface area (Å²) in [6, 6.07) is 8.36. The molecule has 0 aliphatic carbocycles. The minimum Gasteiger partial charge on any atom is -0.497 e. The predicted octanol–water partition coefficient (Wildman–Crippen LogP) is 3.63. The summed E-state index contributed by atoms with van der Waals surface area (Å²) >= 11 is 0. The maximum atomic E-state index is 5.70. The van der Waals surface area contributed by atoms with Crippen LogP contribution in [-0.4, -0.2) is 26.3 Å². The Morgan fingerprint density at radius 1 is 1.05 bits per heavy atom. The summed E-state index contributed by atoms with van der Waals surface area (Å²) in [4.78, 5) is 0. The van der Waals surface area contributed by atoms with Crippen LogP contribution in [0.15, 0.2) is 24.3 Å². The van der Waals surface area contributed by atoms with Gasteiger partial charge < -0.3 is 14.8 Å². The highest BCUT2D eigenvalue weighted by Crippen LogP contribution is 2.19. The first-order valence-corrected chi connectivity index (χ1v) is 7.22. The first kappa shape index (κ1) is 15.8. The van der Waals surface area contributed by atoms with E-state index in [1.54, 1.807) is 7.11 Å². The molecule has 0 bridgehead atoms. The van der Waals surface area contributed by atoms with Crippen LogP contribution >= 0.6 is 0 Å². The van der Waals surface area contributed by atoms with E-state index in [0.29, 0.717) is 6.04 Å². The third-order valence-corrected chi connectivity index (χ3v) is 2.93. The summed E-state index contributed by atoms with van der Waals surface area (Å²) in [6.45, 7) is 6.27. The molecule has 0 saturated carbocycles. The molecule has 0 amide bonds. The molecule has 0 aromatic heterocycles. The van der Waals surface area contributed by atoms with Gasteiger partial charge in [0.1, 0.15) is 11.5 Å². The van der Waals surface area contributed by atoms with Gasteiger partial charge in [-0.15, -0.1) is 0 Å². The molecular formula is C16H27NO2. The maximum Gasteiger partial charge on any atom is 0.122 e. The van der Waals surface area contributed by atoms with Crippen LogP contribution in [0.1, 0.15) is 39.5 Å². The zero-order valence-corrected chi connectivity index (χ0v) is 12.4. The second kappa shape index (κ2) is 9.68. The molecule has 0 heterocycles. The van der Waals surface area contributed by atoms with Gasteiger partial charge in [0.2, 0.25) is 0 Å². The molecule has 0 saturated heterocycles. The largest absolute Gasteiger partial charge is 0.497 e. The van der Waals surface area contributed by atoms with Crippen molar-refractivity contribution in [2.75, 3.05) is 20.3 Å². The van der Waals surface area contributed by atoms with Crippen molar-refractivity contribution in [3.8, 4) is 11.5 Å². The molecule has 3 heteroatoms. The molecule has 1 rings (SSSR count). The Bertz CT molecular complexity index is 339. The lowest BCUT2D eigenvalue weighted by Gasteiger charge is -2.09. The van der Waals surface area contributed by atoms with Crippen molar-refractivity contribution < 1.29 is 9.47 Å². The molecule has 108 valence electrons. The van der Waals surface area contributed by atoms with Crippen LogP contribution in [-0.2, 0) is 0 Å². The predicted molar refractivity (Wildman–Crippen MR) is 80.1 cm³/mol. The van der Waals surface area contributed by atoms with Crippen LogP contribution in [0.5, 0.6) is 11.5 Å². The third-order valence-electron chi connectivity index (χ3n) is 2.93. The Morgan fingerprint density at radius 3 is 2.53 bits per heavy atom. The van der Waals surface area contributed by atoms with E-state index in [2.05, 4.69) is 19.2 Å². The topological polar surface area (TPSA) is 30.5 Å². The fourth-order valence-corrected chi connectivity index (χ4v) is 1.85. The van der Waals surface area contributed by atoms with Crippen molar-refractivity contribution in [1.82, 2.24) is 5.32 Å². The molecular weight excluding hydrogens is 238 g/mol. The second-order valence-corrected chi connectivity index (χ2v) is 5.05. The average Bonchev–Trinajstić information content (AvgIpc) is 2.41. The summed E-state index contributed by atoms with van der Waals surface area (Å²) < 4.78 is 10.9. The molecule has 0 atom stereocenters. The number of methoxy groups -OCH3 is 1. The van der Waals surface area contributed by atoms with E-state index < -0.39 is 0 Å². The molecule has 3 nitrogen and oxygen atoms in total. The van der Waals surface area contributed by atoms with E-state index >= 15 is 0 Å². The number of unbranched alkanes of at least 4 members (excludes halogenated alkanes) is 3. The zero-order valence-electron chi connectivity index (χ0n) is 12.4. The standard InChI is InChI=1S/C16H27NO2/c1-14(2)17-11-6-4-5-7-12-19-16-10-8-9-15(13-16)18-3/h8-10,13-14,17H,4-7,11-12H2,1-3H3. The van der Waals surface area contributed by atoms with E-state index in [-0.39, 0.29) is 0 Å². The SMILES string of the molecule is COc1cccc(OCCCCCCNC(C)C)c1. The normalized spacial score (nSPS) is 10.7. The minimum absolute atomic E-state index is 0.594. The Hall–Kier alpha value is -1.22. The first-order valence-electron chi connectivity index (χ1n) is 7.22. The highest BCUT2D eigenvalue weighted by atomic mass is 16.5. The summed E-state index contributed by atoms with van der Waals surface area (Å²) in [5.41, 5.74) is 0. The molecule has 0 aliphatic heterocycles. The van der Waals surface area contributed by atoms with Crippen LogP contribution in [0.2, 0.25) is 0 Å². The smallest absolute Gasteiger partial charge is 0.122 e. The molecule has 1 N–H and O–H groups in total. The van der Waals surface area contributed by atoms with Gasteiger partial charge in [0.25, 0.3) is 0 Å². The van der Waals surface area contributed by atoms with Gasteiger partial charge >= 0.3 is 0 Å². The van der Waals surface area contributed by atoms with E-state index in [9.17, 15) is 0 Å². The van der Waals surface area contributed by atoms with E-state index in [1.807, 2.05) is 24.3 Å². The van der Waals surface area contributed by atoms with Crippen LogP contribution in [0.4, 0.5) is 0 Å². The molecule has 1 aromatic carbocycles. The monoisotopic (exact) mass is 265 g/mol. The van der Waals surface area contributed by atoms with Crippen molar-refractivity contribution in [3.05, 3.63) is 24.3 Å². The van der Waals surface area contributed by atoms with Crippen LogP contribution in [0.3, 0.4) is 0 Å². The first-order chi connectivity index (χ1) is 9.22. The quantitative estimate of drug-likeness (QED) is 0.655. The molecule has 0 unspecified atom stereocenters. The second-order valence-electron chi connectivity index (χ2n) is 5.05. The fourth-order valence-electron chi connectivity index (χ4n) is 1.85. The van der Waals surface area contributed by atoms with E-state index in [1.165, 1.54) is 19.3 Å². The molecule has 0 fully saturated rings. The van der Waals surface area contributed by atoms with Crippen LogP contribution in [0.25, 0.3) is 0 Å². The van der Waals surface area contributed by atoms with Gasteiger partial charge in [-0.3, -0.25) is 0 Å². The van der Waals surface area contributed by atoms with E-state index in [4.69, 9.17) is 9.47 Å². The maximum absolute atomic E-state index is 5.70. The highest BCUT2D eigenvalue weighted by Gasteiger charge is 1.97. The van der Waals surface area contributed by atoms with Crippen molar-refractivity contribution in [2.24, 2.45) is 0 Å². The number of nitrogens with one attached hydrogen (secondary N) is 1. The van der Waals surface area contributed by atoms with Gasteiger partial charge in [-0.05, 0) is 31.5 Å². The number of hydrogen-bond donors (Lipinski definition) is 1. The number of rotatable bonds is 10. The van der Waals surface area contributed by atoms with Crippen LogP contribution < -0.4 is 14.8 Å². The minimum atomic E-state index is 0.594. The Morgan fingerprint density at radius 2 is 1.79 bits per heavy atom. The lowest BCUT2D eigenvalue weighted by atomic mass is 10.2. The lowest BCUT2D eigenvalue weighted by Crippen LogP contribution is -2.23. The zero-order chi connectivity index (χ0) is 13.9. The van der Waals surface area contributed by atoms with Crippen molar-refractivity contribution in [3.63, 3.8) is 0 Å². The number of ether oxygens (including phenoxy) is 2. The Balaban J connectivity index is 2.01. The van der Waals surface area contributed by atoms with Gasteiger partial charge in [-0.1, -0.05) is 32.8 Å². The molecule has 19 heavy (non-hydrogen) atoms. The molecule has 1 aromatic rings. The average molecular weight is 265 g/mol. The summed E-state index contributed by atoms with van der Waals surface area (Å²) in [7, 11) is 1.67. The van der Waals surface area contributed by atoms with Gasteiger partial charge in [0, 0.05) is 12.1 Å². The van der Waals surface area contributed by atoms with Gasteiger partial charge in [0.05, 0.1) is 13.7 Å². The van der Waals surface area contributed by atoms with Crippen molar-refractivity contribution in [1.29, 1.82) is 0 Å². The molecule has 0 aliphatic rings. The van der Waals surface area contributed by atoms with Crippen LogP contribution in [0, 0.1) is 0 Å². The van der Waals surface area contributed by atoms with Gasteiger partial charge in [0.15, 0.2) is 0 Å². The number of hydrogen-bond acceptors (Lipinski definition) is 3. The summed E-state index contributed by atoms with van der Waals surface area (Å²) in [5, 5.41) is 3.43. The number of benzene rings is 1. The van der Waals surface area contributed by atoms with Crippen molar-refractivity contribution in [2.45, 2.75) is 45.6 Å². The van der Waals surface area contributed by atoms with Crippen molar-refractivity contribution >= 4 is 0 Å². The third kappa shape index (κ3) is 7.73. The molecule has 0 radical (unpaired) electrons. The van der Waals surface area contributed by atoms with Gasteiger partial charge in [-0.25, -0.2) is 0 Å². The van der Waals surface area contributed by atoms with E-state index in [0.717, 1.165) is 31.1 Å². The summed E-state index contributed by atoms with van der Waals surface area (Å²) in [6.07, 6.45) is 4.85. The highest BCUT2D eigenvalue weighted by molar-refractivity contribution is 5.32.